The van der Waals surface area contributed by atoms with Gasteiger partial charge in [-0.15, -0.1) is 0 Å². The summed E-state index contributed by atoms with van der Waals surface area (Å²) < 4.78 is 43.6. The number of aromatic nitrogens is 4. The number of hydrogen-bond donors (Lipinski definition) is 3. The zero-order valence-corrected chi connectivity index (χ0v) is 18.5. The highest BCUT2D eigenvalue weighted by Gasteiger charge is 2.14. The molecule has 0 saturated heterocycles. The van der Waals surface area contributed by atoms with E-state index in [1.807, 2.05) is 12.1 Å². The minimum Gasteiger partial charge on any atom is -0.443 e. The summed E-state index contributed by atoms with van der Waals surface area (Å²) in [6.07, 6.45) is -3.49. The Morgan fingerprint density at radius 1 is 1.06 bits per heavy atom. The van der Waals surface area contributed by atoms with Gasteiger partial charge in [-0.25, -0.2) is 28.0 Å². The number of aromatic amines is 2. The molecule has 0 aliphatic heterocycles. The van der Waals surface area contributed by atoms with Crippen LogP contribution in [0.1, 0.15) is 11.3 Å². The maximum Gasteiger partial charge on any atom is 0.414 e. The number of rotatable bonds is 6. The van der Waals surface area contributed by atoms with Gasteiger partial charge >= 0.3 is 6.09 Å². The van der Waals surface area contributed by atoms with Crippen LogP contribution in [-0.4, -0.2) is 39.3 Å². The van der Waals surface area contributed by atoms with Gasteiger partial charge in [0.1, 0.15) is 5.82 Å². The third-order valence-electron chi connectivity index (χ3n) is 5.53. The molecule has 2 heterocycles. The van der Waals surface area contributed by atoms with Crippen LogP contribution >= 0.6 is 0 Å². The van der Waals surface area contributed by atoms with Gasteiger partial charge < -0.3 is 9.72 Å². The van der Waals surface area contributed by atoms with Crippen molar-refractivity contribution in [2.24, 2.45) is 0 Å². The van der Waals surface area contributed by atoms with Crippen molar-refractivity contribution in [1.82, 2.24) is 20.2 Å². The molecule has 0 radical (unpaired) electrons. The molecule has 0 unspecified atom stereocenters. The van der Waals surface area contributed by atoms with E-state index in [0.29, 0.717) is 39.7 Å². The van der Waals surface area contributed by atoms with Crippen LogP contribution in [-0.2, 0) is 11.2 Å². The Morgan fingerprint density at radius 3 is 2.67 bits per heavy atom. The van der Waals surface area contributed by atoms with Crippen LogP contribution in [0.3, 0.4) is 0 Å². The molecule has 0 aliphatic rings. The molecule has 8 nitrogen and oxygen atoms in total. The van der Waals surface area contributed by atoms with Crippen molar-refractivity contribution in [2.75, 3.05) is 11.9 Å². The minimum atomic E-state index is -2.78. The van der Waals surface area contributed by atoms with Crippen molar-refractivity contribution in [3.8, 4) is 11.1 Å². The summed E-state index contributed by atoms with van der Waals surface area (Å²) in [5.74, 6) is -0.433. The number of carbonyl (C=O) groups is 1. The third kappa shape index (κ3) is 4.76. The van der Waals surface area contributed by atoms with E-state index in [1.165, 1.54) is 6.07 Å². The van der Waals surface area contributed by atoms with Crippen molar-refractivity contribution < 1.29 is 22.7 Å². The van der Waals surface area contributed by atoms with Crippen molar-refractivity contribution in [3.63, 3.8) is 0 Å². The Morgan fingerprint density at radius 2 is 1.86 bits per heavy atom. The normalized spacial score (nSPS) is 11.3. The molecule has 0 atom stereocenters. The number of amides is 1. The molecule has 5 rings (SSSR count). The van der Waals surface area contributed by atoms with E-state index in [4.69, 9.17) is 0 Å². The third-order valence-corrected chi connectivity index (χ3v) is 5.53. The molecule has 0 bridgehead atoms. The van der Waals surface area contributed by atoms with Crippen molar-refractivity contribution >= 4 is 33.8 Å². The van der Waals surface area contributed by atoms with Gasteiger partial charge in [-0.2, -0.15) is 5.10 Å². The molecular weight excluding hydrogens is 475 g/mol. The Labute approximate surface area is 201 Å². The number of nitrogens with one attached hydrogen (secondary N) is 3. The number of alkyl halides is 2. The lowest BCUT2D eigenvalue weighted by Crippen LogP contribution is -2.18. The lowest BCUT2D eigenvalue weighted by Gasteiger charge is -2.09. The van der Waals surface area contributed by atoms with Crippen LogP contribution in [0.2, 0.25) is 0 Å². The highest BCUT2D eigenvalue weighted by molar-refractivity contribution is 5.88. The van der Waals surface area contributed by atoms with Crippen LogP contribution in [0.15, 0.2) is 65.5 Å². The topological polar surface area (TPSA) is 113 Å². The fourth-order valence-electron chi connectivity index (χ4n) is 3.91. The summed E-state index contributed by atoms with van der Waals surface area (Å²) in [5, 5.41) is 10.2. The fourth-order valence-corrected chi connectivity index (χ4v) is 3.91. The lowest BCUT2D eigenvalue weighted by atomic mass is 9.98. The van der Waals surface area contributed by atoms with Crippen LogP contribution in [0.5, 0.6) is 0 Å². The average molecular weight is 493 g/mol. The van der Waals surface area contributed by atoms with Crippen molar-refractivity contribution in [2.45, 2.75) is 12.8 Å². The Kier molecular flexibility index (Phi) is 6.11. The Balaban J connectivity index is 1.42. The van der Waals surface area contributed by atoms with E-state index in [0.717, 1.165) is 10.9 Å². The van der Waals surface area contributed by atoms with E-state index >= 15 is 0 Å². The summed E-state index contributed by atoms with van der Waals surface area (Å²) in [5.41, 5.74) is 3.02. The van der Waals surface area contributed by atoms with E-state index in [-0.39, 0.29) is 11.5 Å². The highest BCUT2D eigenvalue weighted by Crippen LogP contribution is 2.28. The van der Waals surface area contributed by atoms with Gasteiger partial charge in [-0.1, -0.05) is 30.3 Å². The summed E-state index contributed by atoms with van der Waals surface area (Å²) >= 11 is 0. The Hall–Kier alpha value is -4.67. The number of halogens is 3. The number of carbonyl (C=O) groups excluding carboxylic acids is 1. The monoisotopic (exact) mass is 493 g/mol. The van der Waals surface area contributed by atoms with Crippen LogP contribution in [0.4, 0.5) is 23.9 Å². The van der Waals surface area contributed by atoms with Crippen molar-refractivity contribution in [3.05, 3.63) is 88.1 Å². The number of nitrogens with zero attached hydrogens (tertiary/aromatic N) is 2. The van der Waals surface area contributed by atoms with E-state index < -0.39 is 24.9 Å². The first-order valence-electron chi connectivity index (χ1n) is 10.8. The maximum absolute atomic E-state index is 14.8. The molecule has 3 aromatic carbocycles. The zero-order valence-electron chi connectivity index (χ0n) is 18.5. The van der Waals surface area contributed by atoms with E-state index in [2.05, 4.69) is 30.2 Å². The minimum absolute atomic E-state index is 0.00617. The molecule has 1 amide bonds. The summed E-state index contributed by atoms with van der Waals surface area (Å²) in [6, 6.07) is 16.8. The van der Waals surface area contributed by atoms with Gasteiger partial charge in [0.25, 0.3) is 12.0 Å². The highest BCUT2D eigenvalue weighted by atomic mass is 19.3. The van der Waals surface area contributed by atoms with Gasteiger partial charge in [0.2, 0.25) is 5.95 Å². The van der Waals surface area contributed by atoms with Crippen LogP contribution in [0, 0.1) is 5.82 Å². The fraction of sp³-hybridized carbons (Fsp3) is 0.120. The lowest BCUT2D eigenvalue weighted by molar-refractivity contribution is 0.0547. The smallest absolute Gasteiger partial charge is 0.414 e. The quantitative estimate of drug-likeness (QED) is 0.308. The molecule has 5 aromatic rings. The van der Waals surface area contributed by atoms with Crippen LogP contribution < -0.4 is 10.9 Å². The zero-order chi connectivity index (χ0) is 25.2. The van der Waals surface area contributed by atoms with E-state index in [9.17, 15) is 22.8 Å². The van der Waals surface area contributed by atoms with Crippen LogP contribution in [0.25, 0.3) is 32.9 Å². The number of imidazole rings is 1. The summed E-state index contributed by atoms with van der Waals surface area (Å²) in [6.45, 7) is -1.03. The average Bonchev–Trinajstić information content (AvgIpc) is 3.27. The molecule has 0 spiro atoms. The molecule has 3 N–H and O–H groups in total. The molecular formula is C25H18F3N5O3. The number of benzene rings is 3. The first-order valence-corrected chi connectivity index (χ1v) is 10.8. The number of ether oxygens (including phenoxy) is 1. The molecule has 11 heteroatoms. The number of hydrogen-bond acceptors (Lipinski definition) is 5. The predicted molar refractivity (Wildman–Crippen MR) is 128 cm³/mol. The molecule has 0 aliphatic carbocycles. The molecule has 0 saturated carbocycles. The molecule has 36 heavy (non-hydrogen) atoms. The second kappa shape index (κ2) is 9.53. The molecule has 182 valence electrons. The van der Waals surface area contributed by atoms with Gasteiger partial charge in [-0.05, 0) is 41.5 Å². The van der Waals surface area contributed by atoms with Gasteiger partial charge in [0.05, 0.1) is 22.1 Å². The molecule has 0 fully saturated rings. The number of fused-ring (bicyclic) bond motifs is 2. The largest absolute Gasteiger partial charge is 0.443 e. The number of H-pyrrole nitrogens is 2. The Bertz CT molecular complexity index is 1650. The second-order valence-corrected chi connectivity index (χ2v) is 7.97. The van der Waals surface area contributed by atoms with Crippen molar-refractivity contribution in [1.29, 1.82) is 0 Å². The van der Waals surface area contributed by atoms with Gasteiger partial charge in [0, 0.05) is 17.4 Å². The standard InChI is InChI=1S/C25H18F3N5O3/c26-18-7-5-13(10-20-15-3-1-2-4-16(15)23(34)33-32-20)9-17(18)14-6-8-19-21(11-14)30-24(29-19)31-25(35)36-12-22(27)28/h1-9,11,22H,10,12H2,(H,33,34)(H2,29,30,31,35). The van der Waals surface area contributed by atoms with E-state index in [1.54, 1.807) is 42.5 Å². The van der Waals surface area contributed by atoms with Gasteiger partial charge in [0.15, 0.2) is 6.61 Å². The first kappa shape index (κ1) is 23.1. The number of anilines is 1. The maximum atomic E-state index is 14.8. The van der Waals surface area contributed by atoms with Gasteiger partial charge in [-0.3, -0.25) is 10.1 Å². The SMILES string of the molecule is O=C(Nc1nc2ccc(-c3cc(Cc4n[nH]c(=O)c5ccccc45)ccc3F)cc2[nH]1)OCC(F)F. The predicted octanol–water partition coefficient (Wildman–Crippen LogP) is 5.01. The summed E-state index contributed by atoms with van der Waals surface area (Å²) in [4.78, 5) is 30.7. The first-order chi connectivity index (χ1) is 17.4. The molecule has 2 aromatic heterocycles. The summed E-state index contributed by atoms with van der Waals surface area (Å²) in [7, 11) is 0. The second-order valence-electron chi connectivity index (χ2n) is 7.97.